The summed E-state index contributed by atoms with van der Waals surface area (Å²) in [6.45, 7) is 2.49. The Morgan fingerprint density at radius 2 is 2.06 bits per heavy atom. The zero-order valence-corrected chi connectivity index (χ0v) is 10.8. The van der Waals surface area contributed by atoms with E-state index in [4.69, 9.17) is 27.9 Å². The van der Waals surface area contributed by atoms with E-state index < -0.39 is 0 Å². The molecule has 1 aromatic carbocycles. The van der Waals surface area contributed by atoms with Gasteiger partial charge >= 0.3 is 0 Å². The molecule has 2 atom stereocenters. The molecule has 2 unspecified atom stereocenters. The number of hydrogen-bond donors (Lipinski definition) is 1. The molecule has 3 rings (SSSR count). The van der Waals surface area contributed by atoms with Crippen LogP contribution in [0.5, 0.6) is 0 Å². The Bertz CT molecular complexity index is 410. The lowest BCUT2D eigenvalue weighted by Crippen LogP contribution is -2.27. The van der Waals surface area contributed by atoms with Crippen LogP contribution in [0, 0.1) is 0 Å². The third kappa shape index (κ3) is 1.83. The maximum Gasteiger partial charge on any atom is 0.0785 e. The van der Waals surface area contributed by atoms with Crippen LogP contribution in [0.4, 0.5) is 0 Å². The molecular weight excluding hydrogens is 268 g/mol. The van der Waals surface area contributed by atoms with E-state index in [-0.39, 0.29) is 18.5 Å². The molecule has 0 radical (unpaired) electrons. The van der Waals surface area contributed by atoms with Crippen LogP contribution in [0.25, 0.3) is 0 Å². The predicted molar refractivity (Wildman–Crippen MR) is 67.9 cm³/mol. The van der Waals surface area contributed by atoms with Gasteiger partial charge in [0, 0.05) is 19.0 Å². The summed E-state index contributed by atoms with van der Waals surface area (Å²) in [5.41, 5.74) is 2.36. The first-order chi connectivity index (χ1) is 7.27. The van der Waals surface area contributed by atoms with Crippen LogP contribution in [0.2, 0.25) is 10.0 Å². The summed E-state index contributed by atoms with van der Waals surface area (Å²) >= 11 is 12.3. The molecule has 2 aliphatic heterocycles. The summed E-state index contributed by atoms with van der Waals surface area (Å²) in [5, 5.41) is 4.67. The van der Waals surface area contributed by atoms with Gasteiger partial charge in [-0.15, -0.1) is 12.4 Å². The average Bonchev–Trinajstić information content (AvgIpc) is 2.70. The van der Waals surface area contributed by atoms with E-state index in [0.29, 0.717) is 22.6 Å². The molecule has 1 saturated heterocycles. The molecule has 0 aromatic heterocycles. The Labute approximate surface area is 111 Å². The molecule has 2 heterocycles. The number of hydrogen-bond acceptors (Lipinski definition) is 2. The maximum atomic E-state index is 6.26. The van der Waals surface area contributed by atoms with Crippen LogP contribution in [0.1, 0.15) is 17.0 Å². The average molecular weight is 281 g/mol. The second-order valence-corrected chi connectivity index (χ2v) is 4.83. The molecular formula is C11H12Cl3NO. The smallest absolute Gasteiger partial charge is 0.0785 e. The van der Waals surface area contributed by atoms with Gasteiger partial charge in [0.2, 0.25) is 0 Å². The highest BCUT2D eigenvalue weighted by molar-refractivity contribution is 6.42. The van der Waals surface area contributed by atoms with Crippen molar-refractivity contribution in [3.05, 3.63) is 33.3 Å². The van der Waals surface area contributed by atoms with Crippen LogP contribution in [0.3, 0.4) is 0 Å². The number of nitrogens with one attached hydrogen (secondary N) is 1. The molecule has 1 N–H and O–H groups in total. The van der Waals surface area contributed by atoms with E-state index >= 15 is 0 Å². The van der Waals surface area contributed by atoms with Gasteiger partial charge in [0.1, 0.15) is 0 Å². The lowest BCUT2D eigenvalue weighted by molar-refractivity contribution is 0.0300. The van der Waals surface area contributed by atoms with Gasteiger partial charge in [0.15, 0.2) is 0 Å². The first-order valence-electron chi connectivity index (χ1n) is 5.06. The Kier molecular flexibility index (Phi) is 3.67. The summed E-state index contributed by atoms with van der Waals surface area (Å²) in [6, 6.07) is 3.85. The number of ether oxygens (including phenoxy) is 1. The molecule has 0 spiro atoms. The molecule has 2 aliphatic rings. The first kappa shape index (κ1) is 12.5. The molecule has 0 aliphatic carbocycles. The lowest BCUT2D eigenvalue weighted by atomic mass is 9.89. The minimum Gasteiger partial charge on any atom is -0.372 e. The van der Waals surface area contributed by atoms with Crippen molar-refractivity contribution in [2.75, 3.05) is 13.1 Å². The molecule has 0 amide bonds. The molecule has 5 heteroatoms. The van der Waals surface area contributed by atoms with Crippen molar-refractivity contribution >= 4 is 35.6 Å². The van der Waals surface area contributed by atoms with Gasteiger partial charge in [-0.05, 0) is 17.2 Å². The third-order valence-electron chi connectivity index (χ3n) is 3.21. The highest BCUT2D eigenvalue weighted by Gasteiger charge is 2.36. The Balaban J connectivity index is 0.000000963. The van der Waals surface area contributed by atoms with Crippen molar-refractivity contribution in [2.24, 2.45) is 0 Å². The summed E-state index contributed by atoms with van der Waals surface area (Å²) < 4.78 is 5.76. The van der Waals surface area contributed by atoms with Crippen LogP contribution >= 0.6 is 35.6 Å². The van der Waals surface area contributed by atoms with Crippen LogP contribution in [-0.2, 0) is 11.3 Å². The quantitative estimate of drug-likeness (QED) is 0.789. The largest absolute Gasteiger partial charge is 0.372 e. The third-order valence-corrected chi connectivity index (χ3v) is 4.02. The lowest BCUT2D eigenvalue weighted by Gasteiger charge is -2.29. The summed E-state index contributed by atoms with van der Waals surface area (Å²) in [6.07, 6.45) is 0.258. The van der Waals surface area contributed by atoms with E-state index in [0.717, 1.165) is 13.1 Å². The number of benzene rings is 1. The van der Waals surface area contributed by atoms with Crippen molar-refractivity contribution < 1.29 is 4.74 Å². The minimum absolute atomic E-state index is 0. The number of fused-ring (bicyclic) bond motifs is 3. The molecule has 0 saturated carbocycles. The monoisotopic (exact) mass is 279 g/mol. The van der Waals surface area contributed by atoms with Crippen molar-refractivity contribution in [3.8, 4) is 0 Å². The van der Waals surface area contributed by atoms with Crippen molar-refractivity contribution in [3.63, 3.8) is 0 Å². The normalized spacial score (nSPS) is 26.9. The van der Waals surface area contributed by atoms with Crippen LogP contribution in [0.15, 0.2) is 12.1 Å². The zero-order valence-electron chi connectivity index (χ0n) is 8.50. The minimum atomic E-state index is 0. The second kappa shape index (κ2) is 4.71. The fourth-order valence-corrected chi connectivity index (χ4v) is 2.94. The van der Waals surface area contributed by atoms with Gasteiger partial charge in [-0.1, -0.05) is 29.3 Å². The zero-order chi connectivity index (χ0) is 10.4. The fraction of sp³-hybridized carbons (Fsp3) is 0.455. The summed E-state index contributed by atoms with van der Waals surface area (Å²) in [7, 11) is 0. The summed E-state index contributed by atoms with van der Waals surface area (Å²) in [4.78, 5) is 0. The van der Waals surface area contributed by atoms with Gasteiger partial charge in [-0.3, -0.25) is 0 Å². The van der Waals surface area contributed by atoms with E-state index in [1.54, 1.807) is 0 Å². The highest BCUT2D eigenvalue weighted by atomic mass is 35.5. The van der Waals surface area contributed by atoms with Crippen molar-refractivity contribution in [2.45, 2.75) is 18.6 Å². The Hall–Kier alpha value is 0.01000. The second-order valence-electron chi connectivity index (χ2n) is 4.05. The number of halogens is 3. The number of rotatable bonds is 0. The SMILES string of the molecule is Cl.Clc1ccc2c(c1Cl)C1CNCC1OC2. The van der Waals surface area contributed by atoms with E-state index in [1.807, 2.05) is 12.1 Å². The van der Waals surface area contributed by atoms with Gasteiger partial charge in [-0.2, -0.15) is 0 Å². The standard InChI is InChI=1S/C11H11Cl2NO.ClH/c12-8-2-1-6-5-15-9-4-14-3-7(9)10(6)11(8)13;/h1-2,7,9,14H,3-5H2;1H. The molecule has 1 aromatic rings. The van der Waals surface area contributed by atoms with Crippen LogP contribution in [-0.4, -0.2) is 19.2 Å². The predicted octanol–water partition coefficient (Wildman–Crippen LogP) is 3.00. The topological polar surface area (TPSA) is 21.3 Å². The molecule has 88 valence electrons. The molecule has 16 heavy (non-hydrogen) atoms. The molecule has 2 nitrogen and oxygen atoms in total. The first-order valence-corrected chi connectivity index (χ1v) is 5.82. The molecule has 1 fully saturated rings. The van der Waals surface area contributed by atoms with Gasteiger partial charge in [0.05, 0.1) is 22.8 Å². The van der Waals surface area contributed by atoms with Gasteiger partial charge < -0.3 is 10.1 Å². The van der Waals surface area contributed by atoms with Crippen LogP contribution < -0.4 is 5.32 Å². The molecule has 0 bridgehead atoms. The fourth-order valence-electron chi connectivity index (χ4n) is 2.45. The van der Waals surface area contributed by atoms with Crippen molar-refractivity contribution in [1.29, 1.82) is 0 Å². The van der Waals surface area contributed by atoms with E-state index in [1.165, 1.54) is 11.1 Å². The van der Waals surface area contributed by atoms with E-state index in [2.05, 4.69) is 5.32 Å². The summed E-state index contributed by atoms with van der Waals surface area (Å²) in [5.74, 6) is 0.361. The Morgan fingerprint density at radius 3 is 2.88 bits per heavy atom. The maximum absolute atomic E-state index is 6.26. The van der Waals surface area contributed by atoms with E-state index in [9.17, 15) is 0 Å². The van der Waals surface area contributed by atoms with Crippen molar-refractivity contribution in [1.82, 2.24) is 5.32 Å². The Morgan fingerprint density at radius 1 is 1.25 bits per heavy atom. The van der Waals surface area contributed by atoms with Gasteiger partial charge in [0.25, 0.3) is 0 Å². The highest BCUT2D eigenvalue weighted by Crippen LogP contribution is 2.40. The van der Waals surface area contributed by atoms with Gasteiger partial charge in [-0.25, -0.2) is 0 Å².